The Morgan fingerprint density at radius 1 is 0.545 bits per heavy atom. The predicted octanol–water partition coefficient (Wildman–Crippen LogP) is 2.95. The van der Waals surface area contributed by atoms with Crippen LogP contribution in [-0.4, -0.2) is 11.0 Å². The Bertz CT molecular complexity index is 530. The normalized spacial score (nSPS) is 8.73. The zero-order valence-electron chi connectivity index (χ0n) is 13.3. The standard InChI is InChI=1S/C16H20N2.2ClH.2H2O/c1-9-5-13(6-10(2)15(9)17)14-7-11(3)16(18)12(4)8-14;;;;/h5-8H,17-18H2,1-4H3;2*1H;2*1H2. The van der Waals surface area contributed by atoms with Crippen LogP contribution in [0.5, 0.6) is 0 Å². The highest BCUT2D eigenvalue weighted by molar-refractivity contribution is 5.85. The number of nitrogens with two attached hydrogens (primary N) is 2. The van der Waals surface area contributed by atoms with Crippen molar-refractivity contribution in [3.8, 4) is 11.1 Å². The number of aryl methyl sites for hydroxylation is 4. The summed E-state index contributed by atoms with van der Waals surface area (Å²) in [5, 5.41) is 0. The van der Waals surface area contributed by atoms with Gasteiger partial charge in [-0.25, -0.2) is 0 Å². The van der Waals surface area contributed by atoms with E-state index in [1.54, 1.807) is 0 Å². The van der Waals surface area contributed by atoms with E-state index in [2.05, 4.69) is 24.3 Å². The van der Waals surface area contributed by atoms with E-state index >= 15 is 0 Å². The molecule has 0 heterocycles. The lowest BCUT2D eigenvalue weighted by Crippen LogP contribution is -1.97. The van der Waals surface area contributed by atoms with Crippen LogP contribution in [0.15, 0.2) is 24.3 Å². The van der Waals surface area contributed by atoms with Crippen molar-refractivity contribution in [1.82, 2.24) is 0 Å². The third-order valence-electron chi connectivity index (χ3n) is 3.52. The second-order valence-electron chi connectivity index (χ2n) is 5.05. The molecule has 0 bridgehead atoms. The smallest absolute Gasteiger partial charge is 0.0373 e. The first-order chi connectivity index (χ1) is 8.40. The van der Waals surface area contributed by atoms with Gasteiger partial charge in [0.2, 0.25) is 0 Å². The summed E-state index contributed by atoms with van der Waals surface area (Å²) in [4.78, 5) is 0. The van der Waals surface area contributed by atoms with Crippen molar-refractivity contribution in [2.24, 2.45) is 0 Å². The first kappa shape index (κ1) is 25.5. The summed E-state index contributed by atoms with van der Waals surface area (Å²) in [5.74, 6) is 0. The van der Waals surface area contributed by atoms with E-state index < -0.39 is 0 Å². The molecule has 0 saturated carbocycles. The second kappa shape index (κ2) is 9.54. The van der Waals surface area contributed by atoms with E-state index in [1.807, 2.05) is 27.7 Å². The van der Waals surface area contributed by atoms with Gasteiger partial charge >= 0.3 is 0 Å². The minimum Gasteiger partial charge on any atom is -0.412 e. The molecule has 22 heavy (non-hydrogen) atoms. The minimum atomic E-state index is 0. The van der Waals surface area contributed by atoms with Crippen LogP contribution in [-0.2, 0) is 0 Å². The van der Waals surface area contributed by atoms with Crippen molar-refractivity contribution >= 4 is 36.2 Å². The molecule has 2 aromatic rings. The topological polar surface area (TPSA) is 115 Å². The molecule has 6 heteroatoms. The quantitative estimate of drug-likeness (QED) is 0.771. The minimum absolute atomic E-state index is 0. The lowest BCUT2D eigenvalue weighted by atomic mass is 9.95. The van der Waals surface area contributed by atoms with Gasteiger partial charge < -0.3 is 22.4 Å². The summed E-state index contributed by atoms with van der Waals surface area (Å²) in [6.45, 7) is 8.18. The van der Waals surface area contributed by atoms with E-state index in [9.17, 15) is 0 Å². The molecule has 0 amide bonds. The van der Waals surface area contributed by atoms with Gasteiger partial charge in [-0.05, 0) is 85.3 Å². The van der Waals surface area contributed by atoms with E-state index in [1.165, 1.54) is 11.1 Å². The van der Waals surface area contributed by atoms with Gasteiger partial charge in [-0.2, -0.15) is 0 Å². The second-order valence-corrected chi connectivity index (χ2v) is 5.05. The first-order valence-corrected chi connectivity index (χ1v) is 6.14. The SMILES string of the molecule is Cc1cc(-c2cc(C)c(N)c(C)c2)cc(C)c1N.Cl.Cl.O.O. The maximum atomic E-state index is 5.99. The van der Waals surface area contributed by atoms with E-state index in [0.29, 0.717) is 0 Å². The molecule has 4 nitrogen and oxygen atoms in total. The van der Waals surface area contributed by atoms with Gasteiger partial charge in [-0.1, -0.05) is 0 Å². The fraction of sp³-hybridized carbons (Fsp3) is 0.250. The van der Waals surface area contributed by atoms with E-state index in [-0.39, 0.29) is 35.8 Å². The summed E-state index contributed by atoms with van der Waals surface area (Å²) in [7, 11) is 0. The molecule has 0 fully saturated rings. The molecule has 0 radical (unpaired) electrons. The average Bonchev–Trinajstić information content (AvgIpc) is 2.31. The molecule has 0 unspecified atom stereocenters. The Labute approximate surface area is 144 Å². The average molecular weight is 349 g/mol. The van der Waals surface area contributed by atoms with Gasteiger partial charge in [-0.15, -0.1) is 24.8 Å². The third kappa shape index (κ3) is 4.78. The number of hydrogen-bond acceptors (Lipinski definition) is 2. The van der Waals surface area contributed by atoms with Crippen LogP contribution in [0, 0.1) is 27.7 Å². The molecule has 2 rings (SSSR count). The van der Waals surface area contributed by atoms with Gasteiger partial charge in [0.15, 0.2) is 0 Å². The number of benzene rings is 2. The van der Waals surface area contributed by atoms with Crippen LogP contribution in [0.1, 0.15) is 22.3 Å². The lowest BCUT2D eigenvalue weighted by Gasteiger charge is -2.12. The fourth-order valence-electron chi connectivity index (χ4n) is 2.28. The highest BCUT2D eigenvalue weighted by Gasteiger charge is 2.07. The van der Waals surface area contributed by atoms with Crippen molar-refractivity contribution in [1.29, 1.82) is 0 Å². The molecule has 0 atom stereocenters. The number of halogens is 2. The van der Waals surface area contributed by atoms with Crippen LogP contribution >= 0.6 is 24.8 Å². The van der Waals surface area contributed by atoms with Crippen molar-refractivity contribution in [3.63, 3.8) is 0 Å². The molecular weight excluding hydrogens is 323 g/mol. The Balaban J connectivity index is -0.000000902. The number of rotatable bonds is 1. The molecule has 0 aliphatic heterocycles. The number of anilines is 2. The summed E-state index contributed by atoms with van der Waals surface area (Å²) < 4.78 is 0. The highest BCUT2D eigenvalue weighted by atomic mass is 35.5. The van der Waals surface area contributed by atoms with Gasteiger partial charge in [-0.3, -0.25) is 0 Å². The number of nitrogen functional groups attached to an aromatic ring is 2. The van der Waals surface area contributed by atoms with Crippen LogP contribution in [0.3, 0.4) is 0 Å². The molecule has 8 N–H and O–H groups in total. The van der Waals surface area contributed by atoms with E-state index in [0.717, 1.165) is 33.6 Å². The van der Waals surface area contributed by atoms with Gasteiger partial charge in [0.05, 0.1) is 0 Å². The summed E-state index contributed by atoms with van der Waals surface area (Å²) in [6, 6.07) is 8.53. The largest absolute Gasteiger partial charge is 0.412 e. The van der Waals surface area contributed by atoms with Crippen molar-refractivity contribution in [3.05, 3.63) is 46.5 Å². The first-order valence-electron chi connectivity index (χ1n) is 6.14. The monoisotopic (exact) mass is 348 g/mol. The summed E-state index contributed by atoms with van der Waals surface area (Å²) >= 11 is 0. The van der Waals surface area contributed by atoms with Crippen LogP contribution in [0.4, 0.5) is 11.4 Å². The maximum absolute atomic E-state index is 5.99. The van der Waals surface area contributed by atoms with E-state index in [4.69, 9.17) is 11.5 Å². The van der Waals surface area contributed by atoms with Gasteiger partial charge in [0, 0.05) is 11.4 Å². The molecule has 0 saturated heterocycles. The Morgan fingerprint density at radius 2 is 0.727 bits per heavy atom. The van der Waals surface area contributed by atoms with Crippen LogP contribution < -0.4 is 11.5 Å². The fourth-order valence-corrected chi connectivity index (χ4v) is 2.28. The third-order valence-corrected chi connectivity index (χ3v) is 3.52. The zero-order chi connectivity index (χ0) is 13.4. The Hall–Kier alpha value is -1.46. The molecular formula is C16H26Cl2N2O2. The van der Waals surface area contributed by atoms with Gasteiger partial charge in [0.1, 0.15) is 0 Å². The highest BCUT2D eigenvalue weighted by Crippen LogP contribution is 2.30. The van der Waals surface area contributed by atoms with Crippen molar-refractivity contribution in [2.75, 3.05) is 11.5 Å². The summed E-state index contributed by atoms with van der Waals surface area (Å²) in [5.41, 5.74) is 20.6. The molecule has 0 aliphatic carbocycles. The molecule has 0 aromatic heterocycles. The molecule has 0 aliphatic rings. The van der Waals surface area contributed by atoms with Crippen molar-refractivity contribution in [2.45, 2.75) is 27.7 Å². The van der Waals surface area contributed by atoms with Crippen LogP contribution in [0.25, 0.3) is 11.1 Å². The number of hydrogen-bond donors (Lipinski definition) is 2. The molecule has 2 aromatic carbocycles. The molecule has 126 valence electrons. The Kier molecular flexibility index (Phi) is 11.0. The van der Waals surface area contributed by atoms with Crippen molar-refractivity contribution < 1.29 is 11.0 Å². The molecule has 0 spiro atoms. The predicted molar refractivity (Wildman–Crippen MR) is 101 cm³/mol. The maximum Gasteiger partial charge on any atom is 0.0373 e. The lowest BCUT2D eigenvalue weighted by molar-refractivity contribution is 0.823. The zero-order valence-corrected chi connectivity index (χ0v) is 14.9. The summed E-state index contributed by atoms with van der Waals surface area (Å²) in [6.07, 6.45) is 0. The Morgan fingerprint density at radius 3 is 0.909 bits per heavy atom. The van der Waals surface area contributed by atoms with Crippen LogP contribution in [0.2, 0.25) is 0 Å². The van der Waals surface area contributed by atoms with Gasteiger partial charge in [0.25, 0.3) is 0 Å².